The molecule has 14 heteroatoms. The maximum atomic E-state index is 15.0. The minimum Gasteiger partial charge on any atom is -0.497 e. The topological polar surface area (TPSA) is 159 Å². The summed E-state index contributed by atoms with van der Waals surface area (Å²) < 4.78 is 35.8. The molecule has 4 amide bonds. The van der Waals surface area contributed by atoms with Gasteiger partial charge in [0.15, 0.2) is 0 Å². The fourth-order valence-corrected chi connectivity index (χ4v) is 9.36. The highest BCUT2D eigenvalue weighted by atomic mass is 32.2. The number of hydrogen-bond donors (Lipinski definition) is 2. The number of aromatic nitrogens is 1. The Morgan fingerprint density at radius 2 is 1.84 bits per heavy atom. The van der Waals surface area contributed by atoms with E-state index in [9.17, 15) is 27.9 Å². The molecule has 7 rings (SSSR count). The predicted molar refractivity (Wildman–Crippen MR) is 221 cm³/mol. The quantitative estimate of drug-likeness (QED) is 0.162. The van der Waals surface area contributed by atoms with Crippen molar-refractivity contribution in [2.75, 3.05) is 26.7 Å². The van der Waals surface area contributed by atoms with Gasteiger partial charge in [-0.2, -0.15) is 0 Å². The zero-order valence-corrected chi connectivity index (χ0v) is 34.8. The van der Waals surface area contributed by atoms with Gasteiger partial charge in [-0.1, -0.05) is 64.1 Å². The molecule has 2 saturated carbocycles. The van der Waals surface area contributed by atoms with Crippen LogP contribution in [0.4, 0.5) is 0 Å². The van der Waals surface area contributed by atoms with Crippen molar-refractivity contribution in [1.29, 1.82) is 0 Å². The Morgan fingerprint density at radius 3 is 2.47 bits per heavy atom. The number of benzene rings is 2. The lowest BCUT2D eigenvalue weighted by Gasteiger charge is -2.37. The molecule has 7 atom stereocenters. The predicted octanol–water partition coefficient (Wildman–Crippen LogP) is 5.76. The van der Waals surface area contributed by atoms with Crippen LogP contribution >= 0.6 is 0 Å². The van der Waals surface area contributed by atoms with E-state index in [2.05, 4.69) is 18.8 Å². The van der Waals surface area contributed by atoms with E-state index in [1.165, 1.54) is 4.90 Å². The molecule has 13 nitrogen and oxygen atoms in total. The molecule has 4 aliphatic rings. The number of nitrogens with one attached hydrogen (secondary N) is 1. The SMILES string of the molecule is C=CC1CC1(NC(=O)[C@@H]1C[C@@H](Oc2cc(-c3ccccc3)nc3cc(OC)ccc23)CN1C(=O)[C@@H](CC(=O)N1CCCC(C)C1)C(C)(C)C)C(=O)N(C1CC1)S(=O)O. The second-order valence-electron chi connectivity index (χ2n) is 17.5. The highest BCUT2D eigenvalue weighted by molar-refractivity contribution is 7.77. The molecule has 2 aromatic carbocycles. The first-order valence-corrected chi connectivity index (χ1v) is 21.4. The number of fused-ring (bicyclic) bond motifs is 1. The Kier molecular flexibility index (Phi) is 11.7. The Balaban J connectivity index is 1.22. The second-order valence-corrected chi connectivity index (χ2v) is 18.4. The van der Waals surface area contributed by atoms with Crippen LogP contribution in [-0.2, 0) is 30.4 Å². The van der Waals surface area contributed by atoms with E-state index in [4.69, 9.17) is 14.5 Å². The number of hydrogen-bond acceptors (Lipinski definition) is 8. The van der Waals surface area contributed by atoms with Crippen LogP contribution in [0.25, 0.3) is 22.2 Å². The molecule has 2 aliphatic carbocycles. The summed E-state index contributed by atoms with van der Waals surface area (Å²) in [5.41, 5.74) is 0.0689. The highest BCUT2D eigenvalue weighted by Crippen LogP contribution is 2.48. The zero-order chi connectivity index (χ0) is 41.5. The fraction of sp³-hybridized carbons (Fsp3) is 0.523. The largest absolute Gasteiger partial charge is 0.497 e. The molecule has 4 unspecified atom stereocenters. The summed E-state index contributed by atoms with van der Waals surface area (Å²) in [6, 6.07) is 15.6. The molecule has 2 N–H and O–H groups in total. The molecule has 0 radical (unpaired) electrons. The lowest BCUT2D eigenvalue weighted by molar-refractivity contribution is -0.149. The van der Waals surface area contributed by atoms with Crippen molar-refractivity contribution in [1.82, 2.24) is 24.4 Å². The number of rotatable bonds is 13. The van der Waals surface area contributed by atoms with Gasteiger partial charge < -0.3 is 24.6 Å². The van der Waals surface area contributed by atoms with E-state index in [1.54, 1.807) is 13.2 Å². The second kappa shape index (κ2) is 16.4. The van der Waals surface area contributed by atoms with Gasteiger partial charge in [-0.15, -0.1) is 6.58 Å². The van der Waals surface area contributed by atoms with Gasteiger partial charge in [0.25, 0.3) is 17.2 Å². The molecule has 1 aromatic heterocycles. The lowest BCUT2D eigenvalue weighted by Crippen LogP contribution is -2.57. The molecule has 4 fully saturated rings. The van der Waals surface area contributed by atoms with Crippen LogP contribution in [0.2, 0.25) is 0 Å². The van der Waals surface area contributed by atoms with Crippen molar-refractivity contribution in [2.24, 2.45) is 23.2 Å². The third-order valence-corrected chi connectivity index (χ3v) is 13.0. The number of likely N-dealkylation sites (tertiary alicyclic amines) is 2. The first-order chi connectivity index (χ1) is 27.6. The van der Waals surface area contributed by atoms with Gasteiger partial charge in [-0.05, 0) is 55.6 Å². The maximum absolute atomic E-state index is 15.0. The van der Waals surface area contributed by atoms with Crippen LogP contribution in [0.1, 0.15) is 72.6 Å². The van der Waals surface area contributed by atoms with Gasteiger partial charge in [0, 0.05) is 61.0 Å². The molecule has 2 aliphatic heterocycles. The third kappa shape index (κ3) is 8.49. The van der Waals surface area contributed by atoms with Crippen LogP contribution in [0.5, 0.6) is 11.5 Å². The minimum absolute atomic E-state index is 0.0116. The summed E-state index contributed by atoms with van der Waals surface area (Å²) in [7, 11) is 1.59. The summed E-state index contributed by atoms with van der Waals surface area (Å²) in [6.45, 7) is 13.1. The van der Waals surface area contributed by atoms with Crippen molar-refractivity contribution >= 4 is 45.8 Å². The van der Waals surface area contributed by atoms with Gasteiger partial charge in [-0.25, -0.2) is 13.5 Å². The molecular weight excluding hydrogens is 759 g/mol. The summed E-state index contributed by atoms with van der Waals surface area (Å²) in [5, 5.41) is 3.67. The first-order valence-electron chi connectivity index (χ1n) is 20.3. The molecule has 2 saturated heterocycles. The number of methoxy groups -OCH3 is 1. The Bertz CT molecular complexity index is 2100. The average molecular weight is 814 g/mol. The van der Waals surface area contributed by atoms with Crippen LogP contribution in [-0.4, -0.2) is 102 Å². The summed E-state index contributed by atoms with van der Waals surface area (Å²) in [4.78, 5) is 65.7. The number of ether oxygens (including phenoxy) is 2. The monoisotopic (exact) mass is 813 g/mol. The summed E-state index contributed by atoms with van der Waals surface area (Å²) in [5.74, 6) is -1.37. The molecule has 3 aromatic rings. The van der Waals surface area contributed by atoms with Gasteiger partial charge in [0.05, 0.1) is 30.8 Å². The molecule has 0 bridgehead atoms. The molecule has 58 heavy (non-hydrogen) atoms. The van der Waals surface area contributed by atoms with E-state index < -0.39 is 58.0 Å². The molecular formula is C44H55N5O8S. The van der Waals surface area contributed by atoms with Gasteiger partial charge in [-0.3, -0.25) is 23.7 Å². The normalized spacial score (nSPS) is 25.4. The standard InChI is InChI=1S/C44H55N5O8S/c1-7-29-24-44(29,42(53)49(58(54)55)30-15-16-30)46-40(51)37-21-32(26-48(37)41(52)34(43(3,4)5)22-39(50)47-19-11-12-27(2)25-47)57-38-23-35(28-13-9-8-10-14-28)45-36-20-31(56-6)17-18-33(36)38/h7-10,13-14,17-18,20,23,27,29-30,32,34,37H,1,11-12,15-16,19,21-22,24-26H2,2-6H3,(H,46,51)(H,54,55)/t27?,29?,32-,34-,37+,44?/m1/s1. The van der Waals surface area contributed by atoms with E-state index in [1.807, 2.05) is 80.3 Å². The van der Waals surface area contributed by atoms with Crippen molar-refractivity contribution in [2.45, 2.75) is 96.4 Å². The zero-order valence-electron chi connectivity index (χ0n) is 34.0. The number of amides is 4. The molecule has 0 spiro atoms. The van der Waals surface area contributed by atoms with E-state index in [0.29, 0.717) is 59.9 Å². The smallest absolute Gasteiger partial charge is 0.264 e. The van der Waals surface area contributed by atoms with Crippen LogP contribution < -0.4 is 14.8 Å². The van der Waals surface area contributed by atoms with Gasteiger partial charge in [0.1, 0.15) is 29.2 Å². The summed E-state index contributed by atoms with van der Waals surface area (Å²) >= 11 is -2.58. The van der Waals surface area contributed by atoms with Crippen molar-refractivity contribution < 1.29 is 37.4 Å². The van der Waals surface area contributed by atoms with E-state index >= 15 is 0 Å². The Labute approximate surface area is 342 Å². The first kappa shape index (κ1) is 41.3. The highest BCUT2D eigenvalue weighted by Gasteiger charge is 2.64. The summed E-state index contributed by atoms with van der Waals surface area (Å²) in [6.07, 6.45) is 4.35. The Morgan fingerprint density at radius 1 is 1.10 bits per heavy atom. The van der Waals surface area contributed by atoms with Crippen molar-refractivity contribution in [3.05, 3.63) is 67.3 Å². The molecule has 310 valence electrons. The average Bonchev–Trinajstić information content (AvgIpc) is 4.12. The minimum atomic E-state index is -2.58. The van der Waals surface area contributed by atoms with E-state index in [-0.39, 0.29) is 43.7 Å². The number of pyridine rings is 1. The van der Waals surface area contributed by atoms with Crippen molar-refractivity contribution in [3.63, 3.8) is 0 Å². The Hall–Kier alpha value is -4.82. The molecule has 3 heterocycles. The van der Waals surface area contributed by atoms with Crippen LogP contribution in [0.15, 0.2) is 67.3 Å². The maximum Gasteiger partial charge on any atom is 0.264 e. The van der Waals surface area contributed by atoms with Crippen LogP contribution in [0.3, 0.4) is 0 Å². The van der Waals surface area contributed by atoms with Gasteiger partial charge >= 0.3 is 0 Å². The number of carbonyl (C=O) groups is 4. The van der Waals surface area contributed by atoms with E-state index in [0.717, 1.165) is 22.7 Å². The van der Waals surface area contributed by atoms with Gasteiger partial charge in [0.2, 0.25) is 17.7 Å². The fourth-order valence-electron chi connectivity index (χ4n) is 8.58. The number of nitrogens with zero attached hydrogens (tertiary/aromatic N) is 4. The van der Waals surface area contributed by atoms with Crippen molar-refractivity contribution in [3.8, 4) is 22.8 Å². The third-order valence-electron chi connectivity index (χ3n) is 12.2. The number of carbonyl (C=O) groups excluding carboxylic acids is 4. The lowest BCUT2D eigenvalue weighted by atomic mass is 9.77. The number of piperidine rings is 1. The van der Waals surface area contributed by atoms with Crippen LogP contribution in [0, 0.1) is 23.2 Å².